The second-order valence-corrected chi connectivity index (χ2v) is 12.8. The third kappa shape index (κ3) is 5.76. The topological polar surface area (TPSA) is 45.2 Å². The fraction of sp³-hybridized carbons (Fsp3) is 0.438. The van der Waals surface area contributed by atoms with Gasteiger partial charge in [0.25, 0.3) is 0 Å². The van der Waals surface area contributed by atoms with E-state index in [2.05, 4.69) is 78.7 Å². The molecule has 1 saturated carbocycles. The van der Waals surface area contributed by atoms with E-state index in [0.29, 0.717) is 6.54 Å². The molecule has 3 aromatic rings. The number of hydrogen-bond donors (Lipinski definition) is 1. The van der Waals surface area contributed by atoms with Crippen molar-refractivity contribution in [3.8, 4) is 11.1 Å². The molecule has 1 fully saturated rings. The maximum absolute atomic E-state index is 14.3. The molecule has 1 N–H and O–H groups in total. The quantitative estimate of drug-likeness (QED) is 0.227. The van der Waals surface area contributed by atoms with E-state index in [1.54, 1.807) is 23.5 Å². The molecular formula is C32H39N3OS2. The van der Waals surface area contributed by atoms with Crippen LogP contribution in [0.5, 0.6) is 0 Å². The summed E-state index contributed by atoms with van der Waals surface area (Å²) >= 11 is 3.48. The summed E-state index contributed by atoms with van der Waals surface area (Å²) in [5.41, 5.74) is 7.16. The van der Waals surface area contributed by atoms with E-state index in [1.807, 2.05) is 6.92 Å². The van der Waals surface area contributed by atoms with Crippen LogP contribution in [0.1, 0.15) is 75.1 Å². The van der Waals surface area contributed by atoms with Gasteiger partial charge >= 0.3 is 6.03 Å². The molecule has 2 aliphatic carbocycles. The van der Waals surface area contributed by atoms with Crippen LogP contribution < -0.4 is 5.32 Å². The lowest BCUT2D eigenvalue weighted by molar-refractivity contribution is 0.177. The molecule has 200 valence electrons. The molecule has 0 spiro atoms. The Kier molecular flexibility index (Phi) is 9.01. The van der Waals surface area contributed by atoms with Gasteiger partial charge < -0.3 is 10.2 Å². The maximum Gasteiger partial charge on any atom is 0.322 e. The van der Waals surface area contributed by atoms with E-state index in [4.69, 9.17) is 4.98 Å². The SMILES string of the molecule is CCSc1cc(C)nc(SCC)c1NC(=O)N(CC1c2ccccc2-c2ccccc21)C1CCCCCC1. The first-order valence-electron chi connectivity index (χ1n) is 14.1. The molecule has 0 saturated heterocycles. The molecule has 1 heterocycles. The van der Waals surface area contributed by atoms with Gasteiger partial charge in [0.1, 0.15) is 5.03 Å². The van der Waals surface area contributed by atoms with Gasteiger partial charge in [-0.05, 0) is 59.6 Å². The lowest BCUT2D eigenvalue weighted by atomic mass is 9.95. The Balaban J connectivity index is 1.51. The third-order valence-electron chi connectivity index (χ3n) is 7.76. The maximum atomic E-state index is 14.3. The van der Waals surface area contributed by atoms with Crippen LogP contribution in [0, 0.1) is 6.92 Å². The van der Waals surface area contributed by atoms with Crippen molar-refractivity contribution in [3.63, 3.8) is 0 Å². The highest BCUT2D eigenvalue weighted by atomic mass is 32.2. The number of aromatic nitrogens is 1. The van der Waals surface area contributed by atoms with Crippen LogP contribution in [0.15, 0.2) is 64.5 Å². The smallest absolute Gasteiger partial charge is 0.321 e. The Morgan fingerprint density at radius 2 is 1.53 bits per heavy atom. The monoisotopic (exact) mass is 545 g/mol. The molecule has 1 aromatic heterocycles. The van der Waals surface area contributed by atoms with Gasteiger partial charge in [0.2, 0.25) is 0 Å². The number of fused-ring (bicyclic) bond motifs is 3. The van der Waals surface area contributed by atoms with Crippen molar-refractivity contribution in [1.82, 2.24) is 9.88 Å². The lowest BCUT2D eigenvalue weighted by Crippen LogP contribution is -2.45. The number of rotatable bonds is 8. The summed E-state index contributed by atoms with van der Waals surface area (Å²) in [5.74, 6) is 2.05. The van der Waals surface area contributed by atoms with Gasteiger partial charge in [0.15, 0.2) is 0 Å². The van der Waals surface area contributed by atoms with E-state index in [1.165, 1.54) is 47.9 Å². The van der Waals surface area contributed by atoms with Crippen molar-refractivity contribution in [2.75, 3.05) is 23.4 Å². The first kappa shape index (κ1) is 27.1. The highest BCUT2D eigenvalue weighted by Crippen LogP contribution is 2.45. The highest BCUT2D eigenvalue weighted by Gasteiger charge is 2.34. The van der Waals surface area contributed by atoms with E-state index in [-0.39, 0.29) is 18.0 Å². The van der Waals surface area contributed by atoms with Crippen LogP contribution in [0.25, 0.3) is 11.1 Å². The summed E-state index contributed by atoms with van der Waals surface area (Å²) in [4.78, 5) is 22.4. The number of nitrogens with one attached hydrogen (secondary N) is 1. The zero-order valence-corrected chi connectivity index (χ0v) is 24.5. The van der Waals surface area contributed by atoms with Crippen molar-refractivity contribution in [2.24, 2.45) is 0 Å². The summed E-state index contributed by atoms with van der Waals surface area (Å²) in [6.07, 6.45) is 7.04. The third-order valence-corrected chi connectivity index (χ3v) is 9.54. The number of hydrogen-bond acceptors (Lipinski definition) is 4. The standard InChI is InChI=1S/C32H39N3OS2/c1-4-37-29-20-22(3)33-31(38-5-2)30(29)34-32(36)35(23-14-8-6-7-9-15-23)21-28-26-18-12-10-16-24(26)25-17-11-13-19-27(25)28/h10-13,16-20,23,28H,4-9,14-15,21H2,1-3H3,(H,34,36). The largest absolute Gasteiger partial charge is 0.322 e. The first-order valence-corrected chi connectivity index (χ1v) is 16.1. The second kappa shape index (κ2) is 12.6. The summed E-state index contributed by atoms with van der Waals surface area (Å²) < 4.78 is 0. The molecule has 2 aromatic carbocycles. The number of carbonyl (C=O) groups excluding carboxylic acids is 1. The molecule has 0 aliphatic heterocycles. The van der Waals surface area contributed by atoms with E-state index < -0.39 is 0 Å². The number of aryl methyl sites for hydroxylation is 1. The van der Waals surface area contributed by atoms with Gasteiger partial charge in [0, 0.05) is 29.1 Å². The fourth-order valence-electron chi connectivity index (χ4n) is 6.04. The van der Waals surface area contributed by atoms with Crippen molar-refractivity contribution in [1.29, 1.82) is 0 Å². The predicted molar refractivity (Wildman–Crippen MR) is 163 cm³/mol. The molecule has 38 heavy (non-hydrogen) atoms. The highest BCUT2D eigenvalue weighted by molar-refractivity contribution is 8.00. The Labute approximate surface area is 236 Å². The number of pyridine rings is 1. The minimum absolute atomic E-state index is 0.0142. The molecular weight excluding hydrogens is 507 g/mol. The molecule has 0 bridgehead atoms. The van der Waals surface area contributed by atoms with Crippen molar-refractivity contribution >= 4 is 35.2 Å². The molecule has 0 radical (unpaired) electrons. The van der Waals surface area contributed by atoms with Crippen molar-refractivity contribution in [3.05, 3.63) is 71.4 Å². The van der Waals surface area contributed by atoms with Crippen LogP contribution in [0.2, 0.25) is 0 Å². The molecule has 0 atom stereocenters. The zero-order valence-electron chi connectivity index (χ0n) is 22.8. The van der Waals surface area contributed by atoms with Gasteiger partial charge in [-0.2, -0.15) is 0 Å². The van der Waals surface area contributed by atoms with Gasteiger partial charge in [-0.1, -0.05) is 88.1 Å². The number of anilines is 1. The number of nitrogens with zero attached hydrogens (tertiary/aromatic N) is 2. The molecule has 4 nitrogen and oxygen atoms in total. The summed E-state index contributed by atoms with van der Waals surface area (Å²) in [5, 5.41) is 4.32. The fourth-order valence-corrected chi connectivity index (χ4v) is 7.75. The average Bonchev–Trinajstić information content (AvgIpc) is 3.05. The van der Waals surface area contributed by atoms with Crippen LogP contribution in [-0.2, 0) is 0 Å². The number of benzene rings is 2. The molecule has 2 amide bonds. The molecule has 6 heteroatoms. The molecule has 0 unspecified atom stereocenters. The number of carbonyl (C=O) groups is 1. The second-order valence-electron chi connectivity index (χ2n) is 10.3. The minimum Gasteiger partial charge on any atom is -0.321 e. The summed E-state index contributed by atoms with van der Waals surface area (Å²) in [6, 6.07) is 19.8. The van der Waals surface area contributed by atoms with Gasteiger partial charge in [0.05, 0.1) is 5.69 Å². The normalized spacial score (nSPS) is 15.6. The average molecular weight is 546 g/mol. The van der Waals surface area contributed by atoms with E-state index in [9.17, 15) is 4.79 Å². The molecule has 5 rings (SSSR count). The Morgan fingerprint density at radius 1 is 0.921 bits per heavy atom. The minimum atomic E-state index is 0.0142. The lowest BCUT2D eigenvalue weighted by Gasteiger charge is -2.34. The van der Waals surface area contributed by atoms with Gasteiger partial charge in [-0.15, -0.1) is 23.5 Å². The van der Waals surface area contributed by atoms with E-state index in [0.717, 1.165) is 45.7 Å². The molecule has 2 aliphatic rings. The van der Waals surface area contributed by atoms with Crippen molar-refractivity contribution in [2.45, 2.75) is 81.2 Å². The van der Waals surface area contributed by atoms with Gasteiger partial charge in [-0.25, -0.2) is 9.78 Å². The number of thioether (sulfide) groups is 2. The number of urea groups is 1. The van der Waals surface area contributed by atoms with Crippen molar-refractivity contribution < 1.29 is 4.79 Å². The summed E-state index contributed by atoms with van der Waals surface area (Å²) in [7, 11) is 0. The van der Waals surface area contributed by atoms with Crippen LogP contribution >= 0.6 is 23.5 Å². The van der Waals surface area contributed by atoms with Gasteiger partial charge in [-0.3, -0.25) is 0 Å². The van der Waals surface area contributed by atoms with Crippen LogP contribution in [0.4, 0.5) is 10.5 Å². The van der Waals surface area contributed by atoms with Crippen LogP contribution in [-0.4, -0.2) is 40.0 Å². The Hall–Kier alpha value is -2.44. The van der Waals surface area contributed by atoms with Crippen LogP contribution in [0.3, 0.4) is 0 Å². The summed E-state index contributed by atoms with van der Waals surface area (Å²) in [6.45, 7) is 7.03. The zero-order chi connectivity index (χ0) is 26.5. The Bertz CT molecular complexity index is 1200. The Morgan fingerprint density at radius 3 is 2.13 bits per heavy atom. The number of amides is 2. The predicted octanol–water partition coefficient (Wildman–Crippen LogP) is 8.98. The van der Waals surface area contributed by atoms with E-state index >= 15 is 0 Å². The first-order chi connectivity index (χ1) is 18.6.